The second-order valence-corrected chi connectivity index (χ2v) is 7.99. The number of piperidine rings is 3. The highest BCUT2D eigenvalue weighted by molar-refractivity contribution is 5.76. The van der Waals surface area contributed by atoms with E-state index in [1.54, 1.807) is 0 Å². The molecule has 1 aromatic heterocycles. The van der Waals surface area contributed by atoms with Crippen molar-refractivity contribution in [1.29, 1.82) is 0 Å². The molecule has 3 fully saturated rings. The van der Waals surface area contributed by atoms with Crippen LogP contribution in [0.15, 0.2) is 0 Å². The lowest BCUT2D eigenvalue weighted by atomic mass is 9.74. The molecule has 0 aliphatic carbocycles. The Morgan fingerprint density at radius 3 is 2.92 bits per heavy atom. The number of amides is 1. The number of carbonyl (C=O) groups excluding carboxylic acids is 1. The molecule has 2 N–H and O–H groups in total. The second kappa shape index (κ2) is 6.90. The predicted octanol–water partition coefficient (Wildman–Crippen LogP) is 0.757. The van der Waals surface area contributed by atoms with Gasteiger partial charge in [-0.15, -0.1) is 0 Å². The van der Waals surface area contributed by atoms with Crippen LogP contribution in [-0.4, -0.2) is 67.6 Å². The van der Waals surface area contributed by atoms with Crippen molar-refractivity contribution >= 4 is 11.9 Å². The van der Waals surface area contributed by atoms with Crippen molar-refractivity contribution < 1.29 is 4.79 Å². The number of aromatic nitrogens is 4. The van der Waals surface area contributed by atoms with Gasteiger partial charge < -0.3 is 10.6 Å². The molecule has 1 aromatic rings. The molecule has 0 aromatic carbocycles. The van der Waals surface area contributed by atoms with Gasteiger partial charge in [0, 0.05) is 31.7 Å². The third-order valence-electron chi connectivity index (χ3n) is 6.33. The minimum absolute atomic E-state index is 0.0862. The molecule has 2 bridgehead atoms. The number of fused-ring (bicyclic) bond motifs is 4. The van der Waals surface area contributed by atoms with Crippen LogP contribution in [-0.2, 0) is 11.3 Å². The summed E-state index contributed by atoms with van der Waals surface area (Å²) >= 11 is 0. The van der Waals surface area contributed by atoms with Crippen LogP contribution in [0.2, 0.25) is 0 Å². The van der Waals surface area contributed by atoms with Crippen LogP contribution in [0.25, 0.3) is 0 Å². The standard InChI is InChI=1S/C17H29N7O/c1-2-4-14-5-3-6-15-13-7-12(9-23(14)15)8-22(10-13)16(25)11-24-17(18)19-20-21-24/h12-15H,2-11H2,1H3,(H2,18,19,21)/t12-,13+,14-,15-/m0/s1. The van der Waals surface area contributed by atoms with Gasteiger partial charge in [-0.1, -0.05) is 24.9 Å². The van der Waals surface area contributed by atoms with E-state index in [9.17, 15) is 4.79 Å². The highest BCUT2D eigenvalue weighted by atomic mass is 16.2. The number of tetrazole rings is 1. The van der Waals surface area contributed by atoms with E-state index in [1.807, 2.05) is 4.90 Å². The third-order valence-corrected chi connectivity index (χ3v) is 6.33. The van der Waals surface area contributed by atoms with Gasteiger partial charge in [-0.3, -0.25) is 9.69 Å². The Bertz CT molecular complexity index is 616. The first-order chi connectivity index (χ1) is 12.2. The van der Waals surface area contributed by atoms with Crippen LogP contribution < -0.4 is 5.73 Å². The summed E-state index contributed by atoms with van der Waals surface area (Å²) in [6.45, 7) is 5.32. The predicted molar refractivity (Wildman–Crippen MR) is 93.4 cm³/mol. The van der Waals surface area contributed by atoms with E-state index in [1.165, 1.54) is 43.2 Å². The summed E-state index contributed by atoms with van der Waals surface area (Å²) in [5.41, 5.74) is 5.69. The highest BCUT2D eigenvalue weighted by Crippen LogP contribution is 2.40. The SMILES string of the molecule is CCC[C@H]1CCC[C@H]2[C@@H]3C[C@@H](CN(C(=O)Cn4nnnc4N)C3)CN12. The zero-order chi connectivity index (χ0) is 17.4. The molecule has 0 spiro atoms. The lowest BCUT2D eigenvalue weighted by Crippen LogP contribution is -2.62. The summed E-state index contributed by atoms with van der Waals surface area (Å²) in [6.07, 6.45) is 7.84. The average Bonchev–Trinajstić information content (AvgIpc) is 3.00. The van der Waals surface area contributed by atoms with Gasteiger partial charge in [0.2, 0.25) is 11.9 Å². The van der Waals surface area contributed by atoms with E-state index in [4.69, 9.17) is 5.73 Å². The van der Waals surface area contributed by atoms with Crippen molar-refractivity contribution in [2.24, 2.45) is 11.8 Å². The fourth-order valence-electron chi connectivity index (χ4n) is 5.31. The molecule has 3 aliphatic rings. The van der Waals surface area contributed by atoms with Gasteiger partial charge in [0.1, 0.15) is 6.54 Å². The number of hydrogen-bond acceptors (Lipinski definition) is 6. The number of anilines is 1. The molecule has 0 unspecified atom stereocenters. The fraction of sp³-hybridized carbons (Fsp3) is 0.882. The smallest absolute Gasteiger partial charge is 0.244 e. The van der Waals surface area contributed by atoms with Gasteiger partial charge in [0.15, 0.2) is 0 Å². The number of carbonyl (C=O) groups is 1. The second-order valence-electron chi connectivity index (χ2n) is 7.99. The molecule has 138 valence electrons. The molecule has 25 heavy (non-hydrogen) atoms. The molecule has 4 heterocycles. The molecule has 8 heteroatoms. The summed E-state index contributed by atoms with van der Waals surface area (Å²) in [5.74, 6) is 1.50. The number of nitrogens with two attached hydrogens (primary N) is 1. The summed E-state index contributed by atoms with van der Waals surface area (Å²) in [6, 6.07) is 1.42. The topological polar surface area (TPSA) is 93.2 Å². The lowest BCUT2D eigenvalue weighted by Gasteiger charge is -2.55. The first-order valence-corrected chi connectivity index (χ1v) is 9.70. The van der Waals surface area contributed by atoms with Crippen molar-refractivity contribution in [3.05, 3.63) is 0 Å². The number of nitrogen functional groups attached to an aromatic ring is 1. The third kappa shape index (κ3) is 3.23. The van der Waals surface area contributed by atoms with Crippen LogP contribution in [0.3, 0.4) is 0 Å². The minimum Gasteiger partial charge on any atom is -0.367 e. The van der Waals surface area contributed by atoms with Crippen LogP contribution in [0.5, 0.6) is 0 Å². The Labute approximate surface area is 148 Å². The normalized spacial score (nSPS) is 32.4. The van der Waals surface area contributed by atoms with Crippen molar-refractivity contribution in [2.45, 2.75) is 64.1 Å². The fourth-order valence-corrected chi connectivity index (χ4v) is 5.31. The first kappa shape index (κ1) is 16.8. The number of likely N-dealkylation sites (tertiary alicyclic amines) is 1. The maximum atomic E-state index is 12.7. The van der Waals surface area contributed by atoms with Gasteiger partial charge in [0.05, 0.1) is 0 Å². The lowest BCUT2D eigenvalue weighted by molar-refractivity contribution is -0.139. The van der Waals surface area contributed by atoms with Crippen LogP contribution in [0.1, 0.15) is 45.4 Å². The van der Waals surface area contributed by atoms with Crippen molar-refractivity contribution in [3.63, 3.8) is 0 Å². The molecule has 0 saturated carbocycles. The molecule has 4 rings (SSSR count). The van der Waals surface area contributed by atoms with Gasteiger partial charge in [-0.05, 0) is 47.9 Å². The van der Waals surface area contributed by atoms with Crippen molar-refractivity contribution in [3.8, 4) is 0 Å². The number of nitrogens with zero attached hydrogens (tertiary/aromatic N) is 6. The molecular weight excluding hydrogens is 318 g/mol. The summed E-state index contributed by atoms with van der Waals surface area (Å²) < 4.78 is 1.39. The molecule has 3 aliphatic heterocycles. The highest BCUT2D eigenvalue weighted by Gasteiger charge is 2.45. The van der Waals surface area contributed by atoms with E-state index >= 15 is 0 Å². The Hall–Kier alpha value is -1.70. The van der Waals surface area contributed by atoms with Gasteiger partial charge in [-0.2, -0.15) is 0 Å². The Kier molecular flexibility index (Phi) is 4.62. The quantitative estimate of drug-likeness (QED) is 0.864. The average molecular weight is 347 g/mol. The van der Waals surface area contributed by atoms with E-state index in [0.717, 1.165) is 25.7 Å². The van der Waals surface area contributed by atoms with Crippen LogP contribution in [0.4, 0.5) is 5.95 Å². The Balaban J connectivity index is 1.43. The van der Waals surface area contributed by atoms with Gasteiger partial charge >= 0.3 is 0 Å². The van der Waals surface area contributed by atoms with Gasteiger partial charge in [0.25, 0.3) is 0 Å². The largest absolute Gasteiger partial charge is 0.367 e. The van der Waals surface area contributed by atoms with E-state index in [2.05, 4.69) is 27.3 Å². The van der Waals surface area contributed by atoms with Crippen LogP contribution >= 0.6 is 0 Å². The first-order valence-electron chi connectivity index (χ1n) is 9.70. The van der Waals surface area contributed by atoms with Gasteiger partial charge in [-0.25, -0.2) is 4.68 Å². The Morgan fingerprint density at radius 1 is 1.28 bits per heavy atom. The molecule has 3 saturated heterocycles. The maximum absolute atomic E-state index is 12.7. The maximum Gasteiger partial charge on any atom is 0.244 e. The monoisotopic (exact) mass is 347 g/mol. The molecule has 0 radical (unpaired) electrons. The van der Waals surface area contributed by atoms with Crippen molar-refractivity contribution in [2.75, 3.05) is 25.4 Å². The summed E-state index contributed by atoms with van der Waals surface area (Å²) in [7, 11) is 0. The summed E-state index contributed by atoms with van der Waals surface area (Å²) in [4.78, 5) is 17.5. The zero-order valence-electron chi connectivity index (χ0n) is 15.0. The molecular formula is C17H29N7O. The van der Waals surface area contributed by atoms with Crippen LogP contribution in [0, 0.1) is 11.8 Å². The minimum atomic E-state index is 0.0862. The zero-order valence-corrected chi connectivity index (χ0v) is 15.0. The number of rotatable bonds is 4. The van der Waals surface area contributed by atoms with E-state index in [0.29, 0.717) is 17.9 Å². The van der Waals surface area contributed by atoms with E-state index < -0.39 is 0 Å². The number of hydrogen-bond donors (Lipinski definition) is 1. The van der Waals surface area contributed by atoms with Crippen molar-refractivity contribution in [1.82, 2.24) is 30.0 Å². The molecule has 1 amide bonds. The molecule has 4 atom stereocenters. The van der Waals surface area contributed by atoms with E-state index in [-0.39, 0.29) is 18.4 Å². The Morgan fingerprint density at radius 2 is 2.16 bits per heavy atom. The summed E-state index contributed by atoms with van der Waals surface area (Å²) in [5, 5.41) is 11.0. The molecule has 8 nitrogen and oxygen atoms in total.